The molecular weight excluding hydrogens is 418 g/mol. The predicted octanol–water partition coefficient (Wildman–Crippen LogP) is 3.20. The van der Waals surface area contributed by atoms with Gasteiger partial charge in [-0.2, -0.15) is 0 Å². The summed E-state index contributed by atoms with van der Waals surface area (Å²) in [5, 5.41) is 11.6. The fourth-order valence-electron chi connectivity index (χ4n) is 3.33. The number of hydrogen-bond donors (Lipinski definition) is 1. The number of nitrogens with one attached hydrogen (secondary N) is 1. The lowest BCUT2D eigenvalue weighted by atomic mass is 10.1. The van der Waals surface area contributed by atoms with E-state index in [9.17, 15) is 18.5 Å². The third-order valence-corrected chi connectivity index (χ3v) is 6.69. The lowest BCUT2D eigenvalue weighted by Crippen LogP contribution is -2.44. The Morgan fingerprint density at radius 1 is 1.21 bits per heavy atom. The van der Waals surface area contributed by atoms with Crippen molar-refractivity contribution >= 4 is 27.3 Å². The van der Waals surface area contributed by atoms with Crippen molar-refractivity contribution in [2.75, 3.05) is 20.2 Å². The van der Waals surface area contributed by atoms with Gasteiger partial charge in [-0.25, -0.2) is 13.1 Å². The lowest BCUT2D eigenvalue weighted by molar-refractivity contribution is -0.385. The van der Waals surface area contributed by atoms with Crippen LogP contribution in [0.15, 0.2) is 47.4 Å². The molecule has 8 nitrogen and oxygen atoms in total. The number of piperidine rings is 1. The minimum atomic E-state index is -3.86. The molecule has 156 valence electrons. The Balaban J connectivity index is 1.62. The Labute approximate surface area is 174 Å². The number of halogens is 1. The number of sulfonamides is 1. The van der Waals surface area contributed by atoms with E-state index in [4.69, 9.17) is 16.3 Å². The van der Waals surface area contributed by atoms with Gasteiger partial charge >= 0.3 is 0 Å². The highest BCUT2D eigenvalue weighted by molar-refractivity contribution is 7.89. The summed E-state index contributed by atoms with van der Waals surface area (Å²) in [4.78, 5) is 12.5. The zero-order valence-corrected chi connectivity index (χ0v) is 17.4. The summed E-state index contributed by atoms with van der Waals surface area (Å²) in [5.74, 6) is -0.0492. The maximum atomic E-state index is 12.8. The van der Waals surface area contributed by atoms with Crippen molar-refractivity contribution in [2.24, 2.45) is 0 Å². The third kappa shape index (κ3) is 5.45. The van der Waals surface area contributed by atoms with E-state index in [-0.39, 0.29) is 22.4 Å². The Morgan fingerprint density at radius 2 is 1.86 bits per heavy atom. The molecule has 0 atom stereocenters. The second kappa shape index (κ2) is 9.08. The first-order valence-electron chi connectivity index (χ1n) is 9.10. The van der Waals surface area contributed by atoms with Crippen LogP contribution in [0.4, 0.5) is 5.69 Å². The minimum absolute atomic E-state index is 0.0492. The molecule has 0 aromatic heterocycles. The van der Waals surface area contributed by atoms with Crippen molar-refractivity contribution in [1.82, 2.24) is 9.62 Å². The summed E-state index contributed by atoms with van der Waals surface area (Å²) in [7, 11) is -2.57. The van der Waals surface area contributed by atoms with Crippen molar-refractivity contribution in [1.29, 1.82) is 0 Å². The fourth-order valence-corrected chi connectivity index (χ4v) is 4.91. The number of likely N-dealkylation sites (tertiary alicyclic amines) is 1. The van der Waals surface area contributed by atoms with Gasteiger partial charge in [0.05, 0.1) is 18.1 Å². The average Bonchev–Trinajstić information content (AvgIpc) is 2.70. The first-order valence-corrected chi connectivity index (χ1v) is 11.0. The van der Waals surface area contributed by atoms with E-state index in [2.05, 4.69) is 9.62 Å². The maximum Gasteiger partial charge on any atom is 0.273 e. The monoisotopic (exact) mass is 439 g/mol. The van der Waals surface area contributed by atoms with Crippen LogP contribution in [-0.4, -0.2) is 44.5 Å². The van der Waals surface area contributed by atoms with Crippen LogP contribution in [0, 0.1) is 10.1 Å². The first kappa shape index (κ1) is 21.5. The number of non-ortho nitro benzene ring substituents is 1. The molecule has 0 spiro atoms. The van der Waals surface area contributed by atoms with E-state index in [1.165, 1.54) is 13.2 Å². The van der Waals surface area contributed by atoms with E-state index in [0.29, 0.717) is 17.9 Å². The summed E-state index contributed by atoms with van der Waals surface area (Å²) in [5.41, 5.74) is 0.931. The van der Waals surface area contributed by atoms with E-state index >= 15 is 0 Å². The quantitative estimate of drug-likeness (QED) is 0.525. The number of rotatable bonds is 7. The molecule has 29 heavy (non-hydrogen) atoms. The standard InChI is InChI=1S/C19H22ClN3O5S/c1-28-18-12-17(23(24)25)6-7-19(18)29(26,27)21-16-8-10-22(11-9-16)13-14-2-4-15(20)5-3-14/h2-7,12,16,21H,8-11,13H2,1H3. The average molecular weight is 440 g/mol. The number of nitrogens with zero attached hydrogens (tertiary/aromatic N) is 2. The fraction of sp³-hybridized carbons (Fsp3) is 0.368. The molecule has 2 aromatic carbocycles. The van der Waals surface area contributed by atoms with E-state index in [1.807, 2.05) is 24.3 Å². The number of nitro groups is 1. The molecule has 1 aliphatic heterocycles. The molecule has 1 fully saturated rings. The highest BCUT2D eigenvalue weighted by Crippen LogP contribution is 2.29. The molecule has 0 amide bonds. The number of hydrogen-bond acceptors (Lipinski definition) is 6. The van der Waals surface area contributed by atoms with Gasteiger partial charge in [0, 0.05) is 36.8 Å². The Hall–Kier alpha value is -2.20. The van der Waals surface area contributed by atoms with Crippen molar-refractivity contribution in [2.45, 2.75) is 30.3 Å². The highest BCUT2D eigenvalue weighted by Gasteiger charge is 2.27. The molecule has 0 saturated carbocycles. The maximum absolute atomic E-state index is 12.8. The Kier molecular flexibility index (Phi) is 6.74. The van der Waals surface area contributed by atoms with Crippen LogP contribution in [-0.2, 0) is 16.6 Å². The molecule has 0 bridgehead atoms. The van der Waals surface area contributed by atoms with Crippen molar-refractivity contribution in [3.8, 4) is 5.75 Å². The smallest absolute Gasteiger partial charge is 0.273 e. The second-order valence-electron chi connectivity index (χ2n) is 6.89. The zero-order chi connectivity index (χ0) is 21.0. The molecule has 1 saturated heterocycles. The largest absolute Gasteiger partial charge is 0.495 e. The van der Waals surface area contributed by atoms with Gasteiger partial charge in [0.15, 0.2) is 0 Å². The molecule has 1 heterocycles. The van der Waals surface area contributed by atoms with E-state index in [0.717, 1.165) is 37.3 Å². The predicted molar refractivity (Wildman–Crippen MR) is 110 cm³/mol. The van der Waals surface area contributed by atoms with Gasteiger partial charge in [0.2, 0.25) is 10.0 Å². The SMILES string of the molecule is COc1cc([N+](=O)[O-])ccc1S(=O)(=O)NC1CCN(Cc2ccc(Cl)cc2)CC1. The van der Waals surface area contributed by atoms with Crippen LogP contribution >= 0.6 is 11.6 Å². The normalized spacial score (nSPS) is 15.9. The molecule has 1 N–H and O–H groups in total. The van der Waals surface area contributed by atoms with Crippen molar-refractivity contribution in [3.63, 3.8) is 0 Å². The molecule has 10 heteroatoms. The molecule has 0 radical (unpaired) electrons. The van der Waals surface area contributed by atoms with Crippen LogP contribution in [0.5, 0.6) is 5.75 Å². The van der Waals surface area contributed by atoms with Crippen LogP contribution in [0.25, 0.3) is 0 Å². The number of nitro benzene ring substituents is 1. The first-order chi connectivity index (χ1) is 13.8. The molecule has 0 unspecified atom stereocenters. The van der Waals surface area contributed by atoms with Crippen LogP contribution in [0.3, 0.4) is 0 Å². The Bertz CT molecular complexity index is 974. The van der Waals surface area contributed by atoms with E-state index in [1.54, 1.807) is 0 Å². The number of methoxy groups -OCH3 is 1. The van der Waals surface area contributed by atoms with Gasteiger partial charge in [-0.1, -0.05) is 23.7 Å². The minimum Gasteiger partial charge on any atom is -0.495 e. The Morgan fingerprint density at radius 3 is 2.45 bits per heavy atom. The van der Waals surface area contributed by atoms with Crippen LogP contribution < -0.4 is 9.46 Å². The summed E-state index contributed by atoms with van der Waals surface area (Å²) < 4.78 is 33.3. The molecule has 1 aliphatic rings. The number of ether oxygens (including phenoxy) is 1. The van der Waals surface area contributed by atoms with Gasteiger partial charge < -0.3 is 4.74 Å². The van der Waals surface area contributed by atoms with Crippen LogP contribution in [0.2, 0.25) is 5.02 Å². The summed E-state index contributed by atoms with van der Waals surface area (Å²) in [6.45, 7) is 2.30. The van der Waals surface area contributed by atoms with Crippen molar-refractivity contribution < 1.29 is 18.1 Å². The van der Waals surface area contributed by atoms with Gasteiger partial charge in [-0.3, -0.25) is 15.0 Å². The summed E-state index contributed by atoms with van der Waals surface area (Å²) >= 11 is 5.91. The van der Waals surface area contributed by atoms with E-state index < -0.39 is 14.9 Å². The number of benzene rings is 2. The van der Waals surface area contributed by atoms with Gasteiger partial charge in [0.25, 0.3) is 5.69 Å². The van der Waals surface area contributed by atoms with Gasteiger partial charge in [-0.05, 0) is 36.6 Å². The molecular formula is C19H22ClN3O5S. The zero-order valence-electron chi connectivity index (χ0n) is 15.9. The molecule has 0 aliphatic carbocycles. The second-order valence-corrected chi connectivity index (χ2v) is 9.01. The third-order valence-electron chi connectivity index (χ3n) is 4.88. The van der Waals surface area contributed by atoms with Gasteiger partial charge in [-0.15, -0.1) is 0 Å². The van der Waals surface area contributed by atoms with Crippen LogP contribution in [0.1, 0.15) is 18.4 Å². The van der Waals surface area contributed by atoms with Gasteiger partial charge in [0.1, 0.15) is 10.6 Å². The molecule has 3 rings (SSSR count). The topological polar surface area (TPSA) is 102 Å². The highest BCUT2D eigenvalue weighted by atomic mass is 35.5. The van der Waals surface area contributed by atoms with Crippen molar-refractivity contribution in [3.05, 3.63) is 63.2 Å². The lowest BCUT2D eigenvalue weighted by Gasteiger charge is -2.32. The summed E-state index contributed by atoms with van der Waals surface area (Å²) in [6, 6.07) is 11.0. The molecule has 2 aromatic rings. The summed E-state index contributed by atoms with van der Waals surface area (Å²) in [6.07, 6.45) is 1.34.